The Kier molecular flexibility index (Phi) is 10.4. The molecule has 0 aliphatic carbocycles. The summed E-state index contributed by atoms with van der Waals surface area (Å²) in [4.78, 5) is 0. The van der Waals surface area contributed by atoms with Gasteiger partial charge in [-0.1, -0.05) is 52.4 Å². The second kappa shape index (κ2) is 10.5. The summed E-state index contributed by atoms with van der Waals surface area (Å²) in [7, 11) is 0. The van der Waals surface area contributed by atoms with Crippen molar-refractivity contribution in [1.82, 2.24) is 5.32 Å². The van der Waals surface area contributed by atoms with Crippen molar-refractivity contribution in [2.24, 2.45) is 0 Å². The highest BCUT2D eigenvalue weighted by Gasteiger charge is 2.06. The van der Waals surface area contributed by atoms with Crippen LogP contribution in [-0.2, 0) is 0 Å². The Morgan fingerprint density at radius 2 is 1.27 bits per heavy atom. The molecule has 0 aromatic carbocycles. The van der Waals surface area contributed by atoms with E-state index in [4.69, 9.17) is 0 Å². The van der Waals surface area contributed by atoms with Gasteiger partial charge in [0.25, 0.3) is 0 Å². The van der Waals surface area contributed by atoms with Gasteiger partial charge < -0.3 is 5.32 Å². The van der Waals surface area contributed by atoms with Gasteiger partial charge in [0.2, 0.25) is 0 Å². The number of rotatable bonds is 10. The highest BCUT2D eigenvalue weighted by atomic mass is 14.9. The molecule has 2 unspecified atom stereocenters. The lowest BCUT2D eigenvalue weighted by Crippen LogP contribution is -2.34. The van der Waals surface area contributed by atoms with Gasteiger partial charge in [-0.15, -0.1) is 0 Å². The van der Waals surface area contributed by atoms with Gasteiger partial charge in [0, 0.05) is 12.1 Å². The van der Waals surface area contributed by atoms with E-state index in [0.29, 0.717) is 12.1 Å². The Morgan fingerprint density at radius 1 is 0.733 bits per heavy atom. The first kappa shape index (κ1) is 15.0. The smallest absolute Gasteiger partial charge is 0.00412 e. The molecule has 0 heterocycles. The van der Waals surface area contributed by atoms with Crippen molar-refractivity contribution >= 4 is 0 Å². The molecule has 15 heavy (non-hydrogen) atoms. The van der Waals surface area contributed by atoms with E-state index < -0.39 is 0 Å². The summed E-state index contributed by atoms with van der Waals surface area (Å²) < 4.78 is 0. The van der Waals surface area contributed by atoms with Crippen LogP contribution in [0, 0.1) is 0 Å². The molecule has 2 atom stereocenters. The van der Waals surface area contributed by atoms with Crippen LogP contribution >= 0.6 is 0 Å². The lowest BCUT2D eigenvalue weighted by molar-refractivity contribution is 0.408. The van der Waals surface area contributed by atoms with Crippen LogP contribution in [0.1, 0.15) is 79.1 Å². The molecular formula is C14H31N. The van der Waals surface area contributed by atoms with Gasteiger partial charge in [0.1, 0.15) is 0 Å². The molecule has 0 saturated carbocycles. The highest BCUT2D eigenvalue weighted by Crippen LogP contribution is 2.07. The zero-order chi connectivity index (χ0) is 11.5. The van der Waals surface area contributed by atoms with E-state index in [1.54, 1.807) is 0 Å². The minimum atomic E-state index is 0.700. The molecule has 0 aliphatic rings. The summed E-state index contributed by atoms with van der Waals surface area (Å²) in [6.45, 7) is 9.18. The molecule has 0 rings (SSSR count). The van der Waals surface area contributed by atoms with E-state index in [1.807, 2.05) is 0 Å². The lowest BCUT2D eigenvalue weighted by Gasteiger charge is -2.19. The van der Waals surface area contributed by atoms with Crippen molar-refractivity contribution < 1.29 is 0 Å². The van der Waals surface area contributed by atoms with Gasteiger partial charge in [-0.05, 0) is 26.7 Å². The second-order valence-corrected chi connectivity index (χ2v) is 4.96. The Bertz CT molecular complexity index is 123. The van der Waals surface area contributed by atoms with Crippen LogP contribution < -0.4 is 5.32 Å². The van der Waals surface area contributed by atoms with Crippen molar-refractivity contribution in [1.29, 1.82) is 0 Å². The molecule has 0 aliphatic heterocycles. The Labute approximate surface area is 97.0 Å². The monoisotopic (exact) mass is 213 g/mol. The molecule has 0 radical (unpaired) electrons. The number of nitrogens with one attached hydrogen (secondary N) is 1. The molecule has 0 aromatic heterocycles. The van der Waals surface area contributed by atoms with Crippen molar-refractivity contribution in [3.05, 3.63) is 0 Å². The normalized spacial score (nSPS) is 15.2. The molecule has 1 nitrogen and oxygen atoms in total. The van der Waals surface area contributed by atoms with Crippen LogP contribution in [0.2, 0.25) is 0 Å². The molecule has 0 spiro atoms. The highest BCUT2D eigenvalue weighted by molar-refractivity contribution is 4.67. The van der Waals surface area contributed by atoms with E-state index in [9.17, 15) is 0 Å². The fourth-order valence-electron chi connectivity index (χ4n) is 2.04. The van der Waals surface area contributed by atoms with Crippen molar-refractivity contribution in [3.63, 3.8) is 0 Å². The average molecular weight is 213 g/mol. The summed E-state index contributed by atoms with van der Waals surface area (Å²) in [5.41, 5.74) is 0. The van der Waals surface area contributed by atoms with Gasteiger partial charge >= 0.3 is 0 Å². The van der Waals surface area contributed by atoms with E-state index in [2.05, 4.69) is 33.0 Å². The third kappa shape index (κ3) is 10.2. The Morgan fingerprint density at radius 3 is 1.80 bits per heavy atom. The van der Waals surface area contributed by atoms with E-state index in [-0.39, 0.29) is 0 Å². The summed E-state index contributed by atoms with van der Waals surface area (Å²) in [5, 5.41) is 3.69. The first-order valence-corrected chi connectivity index (χ1v) is 6.96. The minimum Gasteiger partial charge on any atom is -0.312 e. The maximum absolute atomic E-state index is 3.69. The van der Waals surface area contributed by atoms with Crippen LogP contribution in [0.3, 0.4) is 0 Å². The second-order valence-electron chi connectivity index (χ2n) is 4.96. The third-order valence-corrected chi connectivity index (χ3v) is 3.05. The van der Waals surface area contributed by atoms with Crippen LogP contribution in [0.25, 0.3) is 0 Å². The first-order valence-electron chi connectivity index (χ1n) is 6.96. The first-order chi connectivity index (χ1) is 7.20. The summed E-state index contributed by atoms with van der Waals surface area (Å²) in [5.74, 6) is 0. The quantitative estimate of drug-likeness (QED) is 0.526. The molecule has 0 saturated heterocycles. The van der Waals surface area contributed by atoms with Crippen LogP contribution in [0.5, 0.6) is 0 Å². The zero-order valence-corrected chi connectivity index (χ0v) is 11.3. The van der Waals surface area contributed by atoms with Crippen LogP contribution in [0.4, 0.5) is 0 Å². The van der Waals surface area contributed by atoms with Crippen molar-refractivity contribution in [2.45, 2.75) is 91.1 Å². The van der Waals surface area contributed by atoms with Crippen LogP contribution in [0.15, 0.2) is 0 Å². The summed E-state index contributed by atoms with van der Waals surface area (Å²) in [6, 6.07) is 1.40. The lowest BCUT2D eigenvalue weighted by atomic mass is 10.1. The Balaban J connectivity index is 3.33. The third-order valence-electron chi connectivity index (χ3n) is 3.05. The van der Waals surface area contributed by atoms with Gasteiger partial charge in [-0.3, -0.25) is 0 Å². The fraction of sp³-hybridized carbons (Fsp3) is 1.00. The van der Waals surface area contributed by atoms with E-state index in [0.717, 1.165) is 0 Å². The topological polar surface area (TPSA) is 12.0 Å². The van der Waals surface area contributed by atoms with Crippen molar-refractivity contribution in [2.75, 3.05) is 0 Å². The molecule has 0 fully saturated rings. The molecule has 1 N–H and O–H groups in total. The molecule has 0 bridgehead atoms. The van der Waals surface area contributed by atoms with Crippen molar-refractivity contribution in [3.8, 4) is 0 Å². The standard InChI is InChI=1S/C14H31N/c1-5-7-9-10-12-14(4)15-13(3)11-8-6-2/h13-15H,5-12H2,1-4H3. The zero-order valence-electron chi connectivity index (χ0n) is 11.3. The van der Waals surface area contributed by atoms with E-state index >= 15 is 0 Å². The van der Waals surface area contributed by atoms with E-state index in [1.165, 1.54) is 51.4 Å². The molecular weight excluding hydrogens is 182 g/mol. The summed E-state index contributed by atoms with van der Waals surface area (Å²) in [6.07, 6.45) is 10.9. The van der Waals surface area contributed by atoms with Gasteiger partial charge in [-0.25, -0.2) is 0 Å². The Hall–Kier alpha value is -0.0400. The van der Waals surface area contributed by atoms with Gasteiger partial charge in [0.05, 0.1) is 0 Å². The minimum absolute atomic E-state index is 0.700. The number of hydrogen-bond acceptors (Lipinski definition) is 1. The maximum atomic E-state index is 3.69. The molecule has 1 heteroatoms. The average Bonchev–Trinajstić information content (AvgIpc) is 2.21. The SMILES string of the molecule is CCCCCCC(C)NC(C)CCCC. The predicted octanol–water partition coefficient (Wildman–Crippen LogP) is 4.51. The number of hydrogen-bond donors (Lipinski definition) is 1. The molecule has 0 amide bonds. The predicted molar refractivity (Wildman–Crippen MR) is 70.3 cm³/mol. The van der Waals surface area contributed by atoms with Crippen LogP contribution in [-0.4, -0.2) is 12.1 Å². The summed E-state index contributed by atoms with van der Waals surface area (Å²) >= 11 is 0. The molecule has 92 valence electrons. The van der Waals surface area contributed by atoms with Gasteiger partial charge in [-0.2, -0.15) is 0 Å². The maximum Gasteiger partial charge on any atom is 0.00412 e. The number of unbranched alkanes of at least 4 members (excludes halogenated alkanes) is 4. The largest absolute Gasteiger partial charge is 0.312 e. The van der Waals surface area contributed by atoms with Gasteiger partial charge in [0.15, 0.2) is 0 Å². The fourth-order valence-corrected chi connectivity index (χ4v) is 2.04. The molecule has 0 aromatic rings.